The minimum Gasteiger partial charge on any atom is -0.467 e. The first kappa shape index (κ1) is 23.7. The summed E-state index contributed by atoms with van der Waals surface area (Å²) in [4.78, 5) is 2.35. The van der Waals surface area contributed by atoms with Gasteiger partial charge in [0.05, 0.1) is 24.6 Å². The topological polar surface area (TPSA) is 70.9 Å². The van der Waals surface area contributed by atoms with Gasteiger partial charge in [-0.15, -0.1) is 10.2 Å². The Balaban J connectivity index is 1.67. The molecule has 3 aromatic rings. The van der Waals surface area contributed by atoms with Crippen LogP contribution in [0.15, 0.2) is 36.5 Å². The third kappa shape index (κ3) is 5.91. The molecule has 1 saturated heterocycles. The Morgan fingerprint density at radius 1 is 1.09 bits per heavy atom. The number of ether oxygens (including phenoxy) is 4. The highest BCUT2D eigenvalue weighted by molar-refractivity contribution is 6.76. The number of hydrogen-bond donors (Lipinski definition) is 0. The Morgan fingerprint density at radius 3 is 2.64 bits per heavy atom. The molecule has 9 heteroatoms. The number of morpholine rings is 1. The Bertz CT molecular complexity index is 1060. The van der Waals surface area contributed by atoms with Crippen LogP contribution in [-0.2, 0) is 20.9 Å². The molecule has 0 N–H and O–H groups in total. The van der Waals surface area contributed by atoms with Crippen molar-refractivity contribution in [2.45, 2.75) is 32.4 Å². The maximum Gasteiger partial charge on any atom is 0.188 e. The second kappa shape index (κ2) is 10.6. The van der Waals surface area contributed by atoms with Crippen molar-refractivity contribution >= 4 is 24.8 Å². The Morgan fingerprint density at radius 2 is 1.88 bits per heavy atom. The lowest BCUT2D eigenvalue weighted by molar-refractivity contribution is 0.0515. The summed E-state index contributed by atoms with van der Waals surface area (Å²) < 4.78 is 24.5. The number of para-hydroxylation sites is 1. The van der Waals surface area contributed by atoms with Crippen LogP contribution in [0.4, 0.5) is 5.69 Å². The van der Waals surface area contributed by atoms with Crippen LogP contribution in [0.25, 0.3) is 22.3 Å². The van der Waals surface area contributed by atoms with Gasteiger partial charge in [0.2, 0.25) is 0 Å². The van der Waals surface area contributed by atoms with Gasteiger partial charge in [-0.2, -0.15) is 0 Å². The average Bonchev–Trinajstić information content (AvgIpc) is 3.18. The third-order valence-electron chi connectivity index (χ3n) is 5.67. The van der Waals surface area contributed by atoms with Crippen molar-refractivity contribution < 1.29 is 18.9 Å². The van der Waals surface area contributed by atoms with Gasteiger partial charge in [0.25, 0.3) is 0 Å². The van der Waals surface area contributed by atoms with E-state index in [0.29, 0.717) is 6.73 Å². The predicted molar refractivity (Wildman–Crippen MR) is 133 cm³/mol. The Hall–Kier alpha value is -2.46. The van der Waals surface area contributed by atoms with Crippen LogP contribution in [0.1, 0.15) is 0 Å². The molecule has 0 atom stereocenters. The highest BCUT2D eigenvalue weighted by Gasteiger charge is 2.20. The summed E-state index contributed by atoms with van der Waals surface area (Å²) in [6.07, 6.45) is 2.14. The average molecular weight is 471 g/mol. The van der Waals surface area contributed by atoms with E-state index in [1.807, 2.05) is 24.3 Å². The van der Waals surface area contributed by atoms with Crippen LogP contribution in [0.5, 0.6) is 5.75 Å². The van der Waals surface area contributed by atoms with E-state index in [-0.39, 0.29) is 6.79 Å². The molecular formula is C24H34N4O4Si. The van der Waals surface area contributed by atoms with Gasteiger partial charge in [-0.3, -0.25) is 0 Å². The zero-order valence-corrected chi connectivity index (χ0v) is 21.0. The smallest absolute Gasteiger partial charge is 0.188 e. The molecule has 0 unspecified atom stereocenters. The third-order valence-corrected chi connectivity index (χ3v) is 7.38. The number of rotatable bonds is 10. The van der Waals surface area contributed by atoms with E-state index >= 15 is 0 Å². The van der Waals surface area contributed by atoms with Gasteiger partial charge in [-0.1, -0.05) is 31.8 Å². The van der Waals surface area contributed by atoms with E-state index in [4.69, 9.17) is 18.9 Å². The molecule has 0 spiro atoms. The van der Waals surface area contributed by atoms with Crippen molar-refractivity contribution in [3.8, 4) is 17.0 Å². The molecule has 3 heterocycles. The fourth-order valence-corrected chi connectivity index (χ4v) is 4.57. The highest BCUT2D eigenvalue weighted by atomic mass is 28.3. The van der Waals surface area contributed by atoms with E-state index < -0.39 is 8.07 Å². The number of anilines is 1. The number of nitrogens with zero attached hydrogens (tertiary/aromatic N) is 4. The van der Waals surface area contributed by atoms with Gasteiger partial charge in [0.1, 0.15) is 12.5 Å². The quantitative estimate of drug-likeness (QED) is 0.249. The van der Waals surface area contributed by atoms with Crippen LogP contribution in [0, 0.1) is 0 Å². The normalized spacial score (nSPS) is 14.7. The predicted octanol–water partition coefficient (Wildman–Crippen LogP) is 4.23. The molecule has 1 aliphatic rings. The van der Waals surface area contributed by atoms with Crippen molar-refractivity contribution in [3.63, 3.8) is 0 Å². The van der Waals surface area contributed by atoms with Crippen molar-refractivity contribution in [2.75, 3.05) is 51.7 Å². The molecular weight excluding hydrogens is 436 g/mol. The molecule has 4 rings (SSSR count). The molecule has 0 radical (unpaired) electrons. The zero-order valence-electron chi connectivity index (χ0n) is 20.0. The number of benzene rings is 1. The zero-order chi connectivity index (χ0) is 23.3. The number of methoxy groups -OCH3 is 1. The first-order valence-electron chi connectivity index (χ1n) is 11.4. The first-order valence-corrected chi connectivity index (χ1v) is 15.1. The van der Waals surface area contributed by atoms with Gasteiger partial charge in [0.15, 0.2) is 12.4 Å². The van der Waals surface area contributed by atoms with E-state index in [2.05, 4.69) is 51.6 Å². The lowest BCUT2D eigenvalue weighted by Crippen LogP contribution is -2.36. The molecule has 8 nitrogen and oxygen atoms in total. The fraction of sp³-hybridized carbons (Fsp3) is 0.500. The lowest BCUT2D eigenvalue weighted by atomic mass is 10.1. The molecule has 1 fully saturated rings. The van der Waals surface area contributed by atoms with Crippen molar-refractivity contribution in [2.24, 2.45) is 0 Å². The van der Waals surface area contributed by atoms with E-state index in [1.165, 1.54) is 0 Å². The molecule has 178 valence electrons. The number of hydrogen-bond acceptors (Lipinski definition) is 7. The molecule has 0 saturated carbocycles. The SMILES string of the molecule is COCOc1ccccc1-c1cc2c(N3CCOCC3)cn(COCC[Si](C)(C)C)c2nn1. The van der Waals surface area contributed by atoms with Gasteiger partial charge in [-0.05, 0) is 24.2 Å². The summed E-state index contributed by atoms with van der Waals surface area (Å²) in [5, 5.41) is 10.2. The van der Waals surface area contributed by atoms with Crippen LogP contribution in [-0.4, -0.2) is 69.7 Å². The van der Waals surface area contributed by atoms with Crippen LogP contribution < -0.4 is 9.64 Å². The van der Waals surface area contributed by atoms with Crippen LogP contribution in [0.3, 0.4) is 0 Å². The summed E-state index contributed by atoms with van der Waals surface area (Å²) in [5.41, 5.74) is 3.61. The monoisotopic (exact) mass is 470 g/mol. The van der Waals surface area contributed by atoms with E-state index in [0.717, 1.165) is 72.7 Å². The molecule has 2 aromatic heterocycles. The summed E-state index contributed by atoms with van der Waals surface area (Å²) >= 11 is 0. The first-order chi connectivity index (χ1) is 16.0. The Labute approximate surface area is 196 Å². The molecule has 1 aromatic carbocycles. The highest BCUT2D eigenvalue weighted by Crippen LogP contribution is 2.34. The number of aromatic nitrogens is 3. The van der Waals surface area contributed by atoms with Gasteiger partial charge < -0.3 is 28.4 Å². The standard InChI is InChI=1S/C24H34N4O4Si/c1-29-18-32-23-8-6-5-7-19(23)21-15-20-22(27-9-11-30-12-10-27)16-28(24(20)26-25-21)17-31-13-14-33(2,3)4/h5-8,15-16H,9-14,17-18H2,1-4H3. The minimum absolute atomic E-state index is 0.177. The number of fused-ring (bicyclic) bond motifs is 1. The molecule has 0 amide bonds. The molecule has 0 bridgehead atoms. The Kier molecular flexibility index (Phi) is 7.64. The summed E-state index contributed by atoms with van der Waals surface area (Å²) in [6.45, 7) is 11.6. The second-order valence-electron chi connectivity index (χ2n) is 9.45. The van der Waals surface area contributed by atoms with Crippen LogP contribution in [0.2, 0.25) is 25.7 Å². The summed E-state index contributed by atoms with van der Waals surface area (Å²) in [7, 11) is 0.473. The lowest BCUT2D eigenvalue weighted by Gasteiger charge is -2.28. The molecule has 33 heavy (non-hydrogen) atoms. The molecule has 0 aliphatic carbocycles. The van der Waals surface area contributed by atoms with Crippen molar-refractivity contribution in [1.82, 2.24) is 14.8 Å². The maximum atomic E-state index is 6.04. The van der Waals surface area contributed by atoms with Gasteiger partial charge >= 0.3 is 0 Å². The van der Waals surface area contributed by atoms with Gasteiger partial charge in [-0.25, -0.2) is 0 Å². The van der Waals surface area contributed by atoms with Crippen LogP contribution >= 0.6 is 0 Å². The van der Waals surface area contributed by atoms with E-state index in [1.54, 1.807) is 7.11 Å². The second-order valence-corrected chi connectivity index (χ2v) is 15.1. The molecule has 1 aliphatic heterocycles. The van der Waals surface area contributed by atoms with Crippen molar-refractivity contribution in [1.29, 1.82) is 0 Å². The summed E-state index contributed by atoms with van der Waals surface area (Å²) in [6, 6.07) is 11.1. The van der Waals surface area contributed by atoms with Gasteiger partial charge in [0, 0.05) is 52.0 Å². The fourth-order valence-electron chi connectivity index (χ4n) is 3.82. The minimum atomic E-state index is -1.14. The van der Waals surface area contributed by atoms with E-state index in [9.17, 15) is 0 Å². The maximum absolute atomic E-state index is 6.04. The summed E-state index contributed by atoms with van der Waals surface area (Å²) in [5.74, 6) is 0.718. The largest absolute Gasteiger partial charge is 0.467 e. The van der Waals surface area contributed by atoms with Crippen molar-refractivity contribution in [3.05, 3.63) is 36.5 Å².